The Bertz CT molecular complexity index is 265. The molecule has 2 fully saturated rings. The predicted octanol–water partition coefficient (Wildman–Crippen LogP) is 0.316. The Kier molecular flexibility index (Phi) is 2.73. The van der Waals surface area contributed by atoms with Gasteiger partial charge in [-0.2, -0.15) is 0 Å². The van der Waals surface area contributed by atoms with Crippen LogP contribution in [0.2, 0.25) is 0 Å². The van der Waals surface area contributed by atoms with Gasteiger partial charge >= 0.3 is 5.97 Å². The molecular formula is C11H18O4. The molecule has 0 unspecified atom stereocenters. The molecule has 4 heteroatoms. The van der Waals surface area contributed by atoms with E-state index in [4.69, 9.17) is 4.74 Å². The van der Waals surface area contributed by atoms with Gasteiger partial charge in [-0.15, -0.1) is 0 Å². The molecule has 2 rings (SSSR count). The Balaban J connectivity index is 2.21. The van der Waals surface area contributed by atoms with Gasteiger partial charge in [0.1, 0.15) is 6.10 Å². The average Bonchev–Trinajstić information content (AvgIpc) is 2.52. The number of fused-ring (bicyclic) bond motifs is 1. The van der Waals surface area contributed by atoms with Crippen molar-refractivity contribution in [3.63, 3.8) is 0 Å². The van der Waals surface area contributed by atoms with Crippen LogP contribution in [0.4, 0.5) is 0 Å². The molecule has 0 spiro atoms. The Morgan fingerprint density at radius 1 is 1.27 bits per heavy atom. The fourth-order valence-corrected chi connectivity index (χ4v) is 2.79. The fraction of sp³-hybridized carbons (Fsp3) is 0.909. The maximum atomic E-state index is 11.2. The minimum Gasteiger partial charge on any atom is -0.462 e. The quantitative estimate of drug-likeness (QED) is 0.570. The molecule has 0 radical (unpaired) electrons. The lowest BCUT2D eigenvalue weighted by Gasteiger charge is -2.26. The van der Waals surface area contributed by atoms with Crippen molar-refractivity contribution in [2.45, 2.75) is 45.0 Å². The molecular weight excluding hydrogens is 196 g/mol. The van der Waals surface area contributed by atoms with Crippen LogP contribution in [0.15, 0.2) is 0 Å². The van der Waals surface area contributed by atoms with Crippen LogP contribution >= 0.6 is 0 Å². The molecule has 4 nitrogen and oxygen atoms in total. The first kappa shape index (κ1) is 10.9. The maximum Gasteiger partial charge on any atom is 0.306 e. The van der Waals surface area contributed by atoms with E-state index in [1.54, 1.807) is 0 Å². The van der Waals surface area contributed by atoms with Crippen molar-refractivity contribution in [2.24, 2.45) is 17.8 Å². The zero-order valence-electron chi connectivity index (χ0n) is 9.09. The highest BCUT2D eigenvalue weighted by Gasteiger charge is 2.46. The lowest BCUT2D eigenvalue weighted by Crippen LogP contribution is -2.33. The second-order valence-corrected chi connectivity index (χ2v) is 4.91. The Hall–Kier alpha value is -0.610. The van der Waals surface area contributed by atoms with Crippen molar-refractivity contribution in [3.8, 4) is 0 Å². The molecule has 1 aliphatic heterocycles. The molecule has 1 saturated heterocycles. The van der Waals surface area contributed by atoms with Crippen molar-refractivity contribution in [2.75, 3.05) is 0 Å². The third-order valence-corrected chi connectivity index (χ3v) is 4.00. The van der Waals surface area contributed by atoms with Gasteiger partial charge in [0.2, 0.25) is 0 Å². The summed E-state index contributed by atoms with van der Waals surface area (Å²) in [6.45, 7) is 3.77. The molecule has 2 N–H and O–H groups in total. The first-order valence-electron chi connectivity index (χ1n) is 5.56. The first-order valence-corrected chi connectivity index (χ1v) is 5.56. The molecule has 0 aromatic rings. The average molecular weight is 214 g/mol. The number of carbonyl (C=O) groups excluding carboxylic acids is 1. The molecule has 2 aliphatic rings. The van der Waals surface area contributed by atoms with Crippen LogP contribution in [0.3, 0.4) is 0 Å². The normalized spacial score (nSPS) is 50.8. The smallest absolute Gasteiger partial charge is 0.306 e. The molecule has 86 valence electrons. The van der Waals surface area contributed by atoms with Crippen LogP contribution in [0, 0.1) is 17.8 Å². The number of esters is 1. The zero-order chi connectivity index (χ0) is 11.2. The molecule has 15 heavy (non-hydrogen) atoms. The fourth-order valence-electron chi connectivity index (χ4n) is 2.79. The Morgan fingerprint density at radius 2 is 1.93 bits per heavy atom. The number of rotatable bonds is 0. The summed E-state index contributed by atoms with van der Waals surface area (Å²) >= 11 is 0. The van der Waals surface area contributed by atoms with Gasteiger partial charge in [-0.25, -0.2) is 0 Å². The van der Waals surface area contributed by atoms with Crippen molar-refractivity contribution in [1.29, 1.82) is 0 Å². The van der Waals surface area contributed by atoms with Crippen molar-refractivity contribution >= 4 is 5.97 Å². The summed E-state index contributed by atoms with van der Waals surface area (Å²) in [7, 11) is 0. The second kappa shape index (κ2) is 3.76. The molecule has 0 aromatic carbocycles. The van der Waals surface area contributed by atoms with Gasteiger partial charge in [0.15, 0.2) is 0 Å². The van der Waals surface area contributed by atoms with E-state index >= 15 is 0 Å². The molecule has 0 bridgehead atoms. The number of hydrogen-bond donors (Lipinski definition) is 2. The van der Waals surface area contributed by atoms with E-state index in [1.165, 1.54) is 0 Å². The summed E-state index contributed by atoms with van der Waals surface area (Å²) in [6.07, 6.45) is -0.503. The van der Waals surface area contributed by atoms with Crippen LogP contribution in [0.1, 0.15) is 26.7 Å². The van der Waals surface area contributed by atoms with Crippen molar-refractivity contribution < 1.29 is 19.7 Å². The standard InChI is InChI=1S/C11H18O4/c1-5-7-3-10(13)15-9(7)4-8(12)6(2)11(5)14/h5-9,11-12,14H,3-4H2,1-2H3/t5-,6+,7+,8-,9-,11-/m1/s1. The molecule has 0 aromatic heterocycles. The summed E-state index contributed by atoms with van der Waals surface area (Å²) in [5, 5.41) is 19.8. The summed E-state index contributed by atoms with van der Waals surface area (Å²) in [6, 6.07) is 0. The van der Waals surface area contributed by atoms with Crippen molar-refractivity contribution in [3.05, 3.63) is 0 Å². The van der Waals surface area contributed by atoms with Gasteiger partial charge in [0.05, 0.1) is 18.6 Å². The van der Waals surface area contributed by atoms with E-state index in [0.29, 0.717) is 12.8 Å². The summed E-state index contributed by atoms with van der Waals surface area (Å²) in [4.78, 5) is 11.2. The number of ether oxygens (including phenoxy) is 1. The summed E-state index contributed by atoms with van der Waals surface area (Å²) in [5.74, 6) is -0.282. The van der Waals surface area contributed by atoms with Gasteiger partial charge in [0.25, 0.3) is 0 Å². The van der Waals surface area contributed by atoms with E-state index in [9.17, 15) is 15.0 Å². The number of carbonyl (C=O) groups is 1. The Morgan fingerprint density at radius 3 is 2.60 bits per heavy atom. The minimum absolute atomic E-state index is 0.00796. The number of aliphatic hydroxyl groups is 2. The predicted molar refractivity (Wildman–Crippen MR) is 52.9 cm³/mol. The molecule has 6 atom stereocenters. The highest BCUT2D eigenvalue weighted by Crippen LogP contribution is 2.39. The number of aliphatic hydroxyl groups excluding tert-OH is 2. The SMILES string of the molecule is C[C@@H]1[C@H](O)[C@H](C)[C@@H]2CC(=O)O[C@@H]2C[C@H]1O. The monoisotopic (exact) mass is 214 g/mol. The van der Waals surface area contributed by atoms with E-state index in [0.717, 1.165) is 0 Å². The van der Waals surface area contributed by atoms with Crippen molar-refractivity contribution in [1.82, 2.24) is 0 Å². The maximum absolute atomic E-state index is 11.2. The molecule has 1 saturated carbocycles. The Labute approximate surface area is 89.2 Å². The largest absolute Gasteiger partial charge is 0.462 e. The molecule has 1 heterocycles. The molecule has 0 amide bonds. The third-order valence-electron chi connectivity index (χ3n) is 4.00. The van der Waals surface area contributed by atoms with Crippen LogP contribution in [-0.4, -0.2) is 34.5 Å². The third kappa shape index (κ3) is 1.76. The lowest BCUT2D eigenvalue weighted by molar-refractivity contribution is -0.142. The van der Waals surface area contributed by atoms with Crippen LogP contribution < -0.4 is 0 Å². The van der Waals surface area contributed by atoms with Crippen LogP contribution in [0.25, 0.3) is 0 Å². The summed E-state index contributed by atoms with van der Waals surface area (Å²) < 4.78 is 5.17. The van der Waals surface area contributed by atoms with E-state index in [-0.39, 0.29) is 29.8 Å². The second-order valence-electron chi connectivity index (χ2n) is 4.91. The van der Waals surface area contributed by atoms with Crippen LogP contribution in [0.5, 0.6) is 0 Å². The van der Waals surface area contributed by atoms with Gasteiger partial charge in [-0.05, 0) is 5.92 Å². The van der Waals surface area contributed by atoms with E-state index in [2.05, 4.69) is 0 Å². The number of hydrogen-bond acceptors (Lipinski definition) is 4. The van der Waals surface area contributed by atoms with Gasteiger partial charge in [-0.1, -0.05) is 13.8 Å². The lowest BCUT2D eigenvalue weighted by atomic mass is 9.83. The zero-order valence-corrected chi connectivity index (χ0v) is 9.09. The molecule has 1 aliphatic carbocycles. The summed E-state index contributed by atoms with van der Waals surface area (Å²) in [5.41, 5.74) is 0. The van der Waals surface area contributed by atoms with Gasteiger partial charge in [-0.3, -0.25) is 4.79 Å². The minimum atomic E-state index is -0.580. The highest BCUT2D eigenvalue weighted by molar-refractivity contribution is 5.72. The van der Waals surface area contributed by atoms with E-state index in [1.807, 2.05) is 13.8 Å². The topological polar surface area (TPSA) is 66.8 Å². The van der Waals surface area contributed by atoms with Gasteiger partial charge in [0, 0.05) is 18.3 Å². The first-order chi connectivity index (χ1) is 7.00. The van der Waals surface area contributed by atoms with Crippen LogP contribution in [-0.2, 0) is 9.53 Å². The van der Waals surface area contributed by atoms with Gasteiger partial charge < -0.3 is 14.9 Å². The van der Waals surface area contributed by atoms with E-state index < -0.39 is 12.2 Å². The highest BCUT2D eigenvalue weighted by atomic mass is 16.6.